The third-order valence-electron chi connectivity index (χ3n) is 11.7. The molecule has 15 heteroatoms. The van der Waals surface area contributed by atoms with Crippen molar-refractivity contribution >= 4 is 34.6 Å². The van der Waals surface area contributed by atoms with Crippen LogP contribution in [0.5, 0.6) is 5.75 Å². The average Bonchev–Trinajstić information content (AvgIpc) is 3.73. The predicted molar refractivity (Wildman–Crippen MR) is 264 cm³/mol. The minimum absolute atomic E-state index is 0.0332. The fraction of sp³-hybridized carbons (Fsp3) is 0.385. The highest BCUT2D eigenvalue weighted by Crippen LogP contribution is 2.22. The second-order valence-corrected chi connectivity index (χ2v) is 17.1. The number of nitrogens with one attached hydrogen (secondary N) is 3. The van der Waals surface area contributed by atoms with Gasteiger partial charge in [0.1, 0.15) is 24.4 Å². The van der Waals surface area contributed by atoms with Crippen molar-refractivity contribution in [3.8, 4) is 5.75 Å². The number of hydrogen-bond acceptors (Lipinski definition) is 8. The van der Waals surface area contributed by atoms with Gasteiger partial charge < -0.3 is 36.7 Å². The van der Waals surface area contributed by atoms with Gasteiger partial charge in [0.05, 0.1) is 0 Å². The molecule has 356 valence electrons. The van der Waals surface area contributed by atoms with Gasteiger partial charge in [0.25, 0.3) is 5.91 Å². The predicted octanol–water partition coefficient (Wildman–Crippen LogP) is 6.89. The number of nitro groups is 1. The van der Waals surface area contributed by atoms with Crippen molar-refractivity contribution in [2.45, 2.75) is 95.9 Å². The summed E-state index contributed by atoms with van der Waals surface area (Å²) in [6, 6.07) is 31.4. The van der Waals surface area contributed by atoms with Crippen molar-refractivity contribution in [3.63, 3.8) is 0 Å². The molecule has 0 aliphatic carbocycles. The Morgan fingerprint density at radius 2 is 1.51 bits per heavy atom. The number of benzene rings is 4. The molecule has 7 N–H and O–H groups in total. The Balaban J connectivity index is 1.42. The first-order valence-corrected chi connectivity index (χ1v) is 23.2. The molecule has 4 atom stereocenters. The molecule has 15 nitrogen and oxygen atoms in total. The smallest absolute Gasteiger partial charge is 0.266 e. The van der Waals surface area contributed by atoms with Crippen molar-refractivity contribution in [3.05, 3.63) is 160 Å². The molecule has 4 aromatic carbocycles. The summed E-state index contributed by atoms with van der Waals surface area (Å²) in [6.07, 6.45) is 8.82. The number of aromatic nitrogens is 1. The second kappa shape index (κ2) is 26.8. The molecule has 1 aromatic heterocycles. The number of allylic oxidation sites excluding steroid dienone is 1. The van der Waals surface area contributed by atoms with Crippen LogP contribution in [0.15, 0.2) is 133 Å². The Labute approximate surface area is 394 Å². The molecule has 1 heterocycles. The normalized spacial score (nSPS) is 12.9. The number of para-hydroxylation sites is 1. The standard InChI is InChI=1S/C52H67N9O6/c1-4-6-7-16-30-59(3)36-43(34-42-35-55-46-24-15-14-23-45(42)46)56-50(63)48(25-17-31-60(65)66)61(58-52(53)54)51(64)47(33-38-19-10-8-11-20-38)57-49(62)41(18-5-2)32-39-26-28-44(29-27-39)67-37-40-21-12-9-13-22-40/h5,8-15,19-24,26-29,35,41,43,47-48,55H,2,4,6-7,16-18,25,30-34,36-37H2,1,3H3,(H,56,63)(H,57,62)(H4,53,54,58). The molecule has 67 heavy (non-hydrogen) atoms. The number of aromatic amines is 1. The van der Waals surface area contributed by atoms with Crippen molar-refractivity contribution in [2.75, 3.05) is 26.7 Å². The number of ether oxygens (including phenoxy) is 1. The number of carbonyl (C=O) groups is 3. The number of nitrogens with two attached hydrogens (primary N) is 2. The molecule has 0 spiro atoms. The van der Waals surface area contributed by atoms with E-state index in [4.69, 9.17) is 16.2 Å². The van der Waals surface area contributed by atoms with Crippen LogP contribution in [-0.4, -0.2) is 88.3 Å². The molecule has 0 fully saturated rings. The number of carbonyl (C=O) groups excluding carboxylic acids is 3. The van der Waals surface area contributed by atoms with Gasteiger partial charge in [-0.3, -0.25) is 24.5 Å². The van der Waals surface area contributed by atoms with Gasteiger partial charge in [0.15, 0.2) is 0 Å². The number of amides is 3. The maximum absolute atomic E-state index is 15.1. The molecule has 0 aliphatic heterocycles. The third-order valence-corrected chi connectivity index (χ3v) is 11.7. The Morgan fingerprint density at radius 3 is 2.18 bits per heavy atom. The van der Waals surface area contributed by atoms with Gasteiger partial charge in [-0.25, -0.2) is 5.01 Å². The Bertz CT molecular complexity index is 2350. The van der Waals surface area contributed by atoms with E-state index in [9.17, 15) is 19.7 Å². The van der Waals surface area contributed by atoms with Gasteiger partial charge in [-0.05, 0) is 86.1 Å². The number of likely N-dealkylation sites (N-methyl/N-ethyl adjacent to an activating group) is 1. The highest BCUT2D eigenvalue weighted by atomic mass is 16.6. The number of H-pyrrole nitrogens is 1. The van der Waals surface area contributed by atoms with Crippen molar-refractivity contribution in [1.29, 1.82) is 0 Å². The Kier molecular flexibility index (Phi) is 20.4. The van der Waals surface area contributed by atoms with Crippen molar-refractivity contribution < 1.29 is 24.0 Å². The van der Waals surface area contributed by atoms with Crippen molar-refractivity contribution in [1.82, 2.24) is 25.5 Å². The molecule has 0 saturated heterocycles. The number of fused-ring (bicyclic) bond motifs is 1. The van der Waals surface area contributed by atoms with Gasteiger partial charge in [-0.15, -0.1) is 11.7 Å². The van der Waals surface area contributed by atoms with Crippen LogP contribution in [0.3, 0.4) is 0 Å². The van der Waals surface area contributed by atoms with Gasteiger partial charge >= 0.3 is 0 Å². The van der Waals surface area contributed by atoms with Gasteiger partial charge in [-0.1, -0.05) is 123 Å². The highest BCUT2D eigenvalue weighted by molar-refractivity contribution is 5.94. The van der Waals surface area contributed by atoms with E-state index in [1.165, 1.54) is 0 Å². The lowest BCUT2D eigenvalue weighted by Gasteiger charge is -2.32. The Hall–Kier alpha value is -7.00. The van der Waals surface area contributed by atoms with Gasteiger partial charge in [0, 0.05) is 53.4 Å². The summed E-state index contributed by atoms with van der Waals surface area (Å²) in [6.45, 7) is 7.32. The van der Waals surface area contributed by atoms with E-state index in [0.717, 1.165) is 70.4 Å². The number of hydrazone groups is 1. The maximum atomic E-state index is 15.1. The molecule has 0 radical (unpaired) electrons. The van der Waals surface area contributed by atoms with E-state index in [-0.39, 0.29) is 19.3 Å². The van der Waals surface area contributed by atoms with Crippen LogP contribution in [0.1, 0.15) is 74.1 Å². The molecule has 0 bridgehead atoms. The molecule has 4 unspecified atom stereocenters. The lowest BCUT2D eigenvalue weighted by atomic mass is 9.94. The zero-order valence-corrected chi connectivity index (χ0v) is 38.9. The van der Waals surface area contributed by atoms with Crippen LogP contribution in [0.25, 0.3) is 10.9 Å². The molecular formula is C52H67N9O6. The topological polar surface area (TPSA) is 214 Å². The summed E-state index contributed by atoms with van der Waals surface area (Å²) in [5.41, 5.74) is 16.6. The van der Waals surface area contributed by atoms with E-state index >= 15 is 4.79 Å². The maximum Gasteiger partial charge on any atom is 0.266 e. The largest absolute Gasteiger partial charge is 0.489 e. The summed E-state index contributed by atoms with van der Waals surface area (Å²) in [5.74, 6) is -2.21. The van der Waals surface area contributed by atoms with Gasteiger partial charge in [0.2, 0.25) is 24.3 Å². The first-order chi connectivity index (χ1) is 32.4. The minimum Gasteiger partial charge on any atom is -0.489 e. The number of rotatable bonds is 29. The number of hydrogen-bond donors (Lipinski definition) is 5. The summed E-state index contributed by atoms with van der Waals surface area (Å²) in [4.78, 5) is 60.9. The third kappa shape index (κ3) is 16.7. The van der Waals surface area contributed by atoms with Crippen LogP contribution in [0.4, 0.5) is 0 Å². The van der Waals surface area contributed by atoms with E-state index in [0.29, 0.717) is 38.2 Å². The minimum atomic E-state index is -1.38. The first-order valence-electron chi connectivity index (χ1n) is 23.2. The first kappa shape index (κ1) is 51.0. The van der Waals surface area contributed by atoms with E-state index < -0.39 is 59.2 Å². The van der Waals surface area contributed by atoms with E-state index in [1.807, 2.05) is 122 Å². The average molecular weight is 914 g/mol. The second-order valence-electron chi connectivity index (χ2n) is 17.1. The van der Waals surface area contributed by atoms with Crippen molar-refractivity contribution in [2.24, 2.45) is 22.5 Å². The van der Waals surface area contributed by atoms with Gasteiger partial charge in [-0.2, -0.15) is 0 Å². The molecule has 5 aromatic rings. The SMILES string of the molecule is C=CCC(Cc1ccc(OCc2ccccc2)cc1)C(=O)NC(Cc1ccccc1)C(=O)N(N=C(N)N)C(CCC[N+](=O)[O-])C(=O)NC(Cc1c[nH]c2ccccc12)CN(C)CCCCCC. The molecule has 0 aliphatic rings. The van der Waals surface area contributed by atoms with Crippen LogP contribution < -0.4 is 26.8 Å². The number of nitrogens with zero attached hydrogens (tertiary/aromatic N) is 4. The quantitative estimate of drug-likeness (QED) is 0.00842. The van der Waals surface area contributed by atoms with Crippen LogP contribution in [0.2, 0.25) is 0 Å². The monoisotopic (exact) mass is 914 g/mol. The number of unbranched alkanes of at least 4 members (excludes halogenated alkanes) is 3. The fourth-order valence-corrected chi connectivity index (χ4v) is 8.21. The molecule has 0 saturated carbocycles. The Morgan fingerprint density at radius 1 is 0.836 bits per heavy atom. The highest BCUT2D eigenvalue weighted by Gasteiger charge is 2.37. The van der Waals surface area contributed by atoms with E-state index in [2.05, 4.69) is 39.1 Å². The summed E-state index contributed by atoms with van der Waals surface area (Å²) in [5, 5.41) is 23.9. The van der Waals surface area contributed by atoms with E-state index in [1.54, 1.807) is 6.08 Å². The zero-order chi connectivity index (χ0) is 48.0. The summed E-state index contributed by atoms with van der Waals surface area (Å²) < 4.78 is 5.97. The fourth-order valence-electron chi connectivity index (χ4n) is 8.21. The van der Waals surface area contributed by atoms with Crippen LogP contribution in [0, 0.1) is 16.0 Å². The number of guanidine groups is 1. The lowest BCUT2D eigenvalue weighted by molar-refractivity contribution is -0.480. The molecule has 5 rings (SSSR count). The molecular weight excluding hydrogens is 847 g/mol. The van der Waals surface area contributed by atoms with Crippen LogP contribution >= 0.6 is 0 Å². The zero-order valence-electron chi connectivity index (χ0n) is 38.9. The summed E-state index contributed by atoms with van der Waals surface area (Å²) in [7, 11) is 2.01. The summed E-state index contributed by atoms with van der Waals surface area (Å²) >= 11 is 0. The lowest BCUT2D eigenvalue weighted by Crippen LogP contribution is -2.57. The molecule has 3 amide bonds. The van der Waals surface area contributed by atoms with Crippen LogP contribution in [-0.2, 0) is 40.3 Å².